The van der Waals surface area contributed by atoms with Crippen molar-refractivity contribution >= 4 is 10.1 Å². The molecule has 122 valence electrons. The minimum atomic E-state index is -7.98. The number of alkyl halides is 11. The van der Waals surface area contributed by atoms with Gasteiger partial charge in [0.2, 0.25) is 0 Å². The monoisotopic (exact) mass is 350 g/mol. The first-order valence-electron chi connectivity index (χ1n) is 3.80. The van der Waals surface area contributed by atoms with Crippen molar-refractivity contribution in [2.24, 2.45) is 5.41 Å². The fourth-order valence-electron chi connectivity index (χ4n) is 1.17. The molecular formula is C5HF11O3S. The van der Waals surface area contributed by atoms with Crippen LogP contribution < -0.4 is 0 Å². The minimum absolute atomic E-state index is 7.64. The lowest BCUT2D eigenvalue weighted by molar-refractivity contribution is -0.461. The van der Waals surface area contributed by atoms with Crippen molar-refractivity contribution in [2.75, 3.05) is 0 Å². The van der Waals surface area contributed by atoms with Gasteiger partial charge in [0.05, 0.1) is 0 Å². The molecule has 20 heavy (non-hydrogen) atoms. The molecule has 0 rings (SSSR count). The molecule has 0 aromatic carbocycles. The maximum Gasteiger partial charge on any atom is 0.419 e. The molecule has 3 nitrogen and oxygen atoms in total. The van der Waals surface area contributed by atoms with E-state index in [2.05, 4.69) is 0 Å². The SMILES string of the molecule is O=S(=O)(O)C(F)(F)C(C(F)(F)F)(C(F)(F)F)C(F)(F)F. The first-order valence-corrected chi connectivity index (χ1v) is 5.24. The van der Waals surface area contributed by atoms with E-state index in [1.807, 2.05) is 0 Å². The first-order chi connectivity index (χ1) is 8.25. The van der Waals surface area contributed by atoms with E-state index in [1.165, 1.54) is 0 Å². The third kappa shape index (κ3) is 2.29. The Balaban J connectivity index is 7.01. The van der Waals surface area contributed by atoms with E-state index in [0.29, 0.717) is 0 Å². The van der Waals surface area contributed by atoms with E-state index in [9.17, 15) is 56.7 Å². The second-order valence-corrected chi connectivity index (χ2v) is 4.70. The van der Waals surface area contributed by atoms with Crippen LogP contribution in [-0.4, -0.2) is 36.8 Å². The van der Waals surface area contributed by atoms with Gasteiger partial charge in [-0.05, 0) is 0 Å². The van der Waals surface area contributed by atoms with E-state index < -0.39 is 39.3 Å². The molecule has 0 aromatic rings. The van der Waals surface area contributed by atoms with E-state index in [-0.39, 0.29) is 0 Å². The molecule has 0 bridgehead atoms. The highest BCUT2D eigenvalue weighted by molar-refractivity contribution is 7.86. The van der Waals surface area contributed by atoms with E-state index in [4.69, 9.17) is 4.55 Å². The summed E-state index contributed by atoms with van der Waals surface area (Å²) in [4.78, 5) is 0. The Morgan fingerprint density at radius 2 is 0.800 bits per heavy atom. The molecule has 0 atom stereocenters. The zero-order chi connectivity index (χ0) is 17.0. The lowest BCUT2D eigenvalue weighted by atomic mass is 9.85. The van der Waals surface area contributed by atoms with Crippen LogP contribution in [0.5, 0.6) is 0 Å². The fraction of sp³-hybridized carbons (Fsp3) is 1.00. The highest BCUT2D eigenvalue weighted by Crippen LogP contribution is 2.67. The fourth-order valence-corrected chi connectivity index (χ4v) is 1.90. The van der Waals surface area contributed by atoms with Crippen molar-refractivity contribution in [1.82, 2.24) is 0 Å². The zero-order valence-electron chi connectivity index (χ0n) is 8.33. The standard InChI is InChI=1S/C5HF11O3S/c6-2(7,8)1(3(9,10)11,4(12,13)14)5(15,16)20(17,18)19/h(H,17,18,19). The molecule has 0 aliphatic carbocycles. The Morgan fingerprint density at radius 3 is 0.850 bits per heavy atom. The van der Waals surface area contributed by atoms with Crippen LogP contribution in [0.4, 0.5) is 48.3 Å². The quantitative estimate of drug-likeness (QED) is 0.615. The van der Waals surface area contributed by atoms with Crippen LogP contribution >= 0.6 is 0 Å². The van der Waals surface area contributed by atoms with E-state index in [0.717, 1.165) is 0 Å². The Labute approximate surface area is 102 Å². The van der Waals surface area contributed by atoms with Gasteiger partial charge in [0.1, 0.15) is 0 Å². The lowest BCUT2D eigenvalue weighted by Gasteiger charge is -2.41. The van der Waals surface area contributed by atoms with Gasteiger partial charge >= 0.3 is 39.3 Å². The van der Waals surface area contributed by atoms with Crippen LogP contribution in [0.1, 0.15) is 0 Å². The van der Waals surface area contributed by atoms with Crippen molar-refractivity contribution < 1.29 is 61.3 Å². The molecule has 0 unspecified atom stereocenters. The molecule has 0 radical (unpaired) electrons. The molecule has 1 N–H and O–H groups in total. The van der Waals surface area contributed by atoms with Crippen molar-refractivity contribution in [1.29, 1.82) is 0 Å². The Kier molecular flexibility index (Phi) is 4.13. The lowest BCUT2D eigenvalue weighted by Crippen LogP contribution is -2.70. The number of rotatable bonds is 2. The molecule has 0 heterocycles. The molecular weight excluding hydrogens is 349 g/mol. The average Bonchev–Trinajstić information content (AvgIpc) is 1.89. The third-order valence-electron chi connectivity index (χ3n) is 2.04. The summed E-state index contributed by atoms with van der Waals surface area (Å²) in [5.74, 6) is 0. The van der Waals surface area contributed by atoms with Crippen LogP contribution in [0, 0.1) is 5.41 Å². The molecule has 0 saturated carbocycles. The smallest absolute Gasteiger partial charge is 0.281 e. The molecule has 0 amide bonds. The molecule has 0 aliphatic heterocycles. The van der Waals surface area contributed by atoms with Crippen molar-refractivity contribution in [3.63, 3.8) is 0 Å². The molecule has 0 aromatic heterocycles. The Morgan fingerprint density at radius 1 is 0.600 bits per heavy atom. The second kappa shape index (κ2) is 4.32. The number of hydrogen-bond acceptors (Lipinski definition) is 2. The Bertz CT molecular complexity index is 430. The largest absolute Gasteiger partial charge is 0.419 e. The molecule has 15 heteroatoms. The first kappa shape index (κ1) is 19.1. The van der Waals surface area contributed by atoms with Crippen molar-refractivity contribution in [3.8, 4) is 0 Å². The van der Waals surface area contributed by atoms with E-state index in [1.54, 1.807) is 0 Å². The summed E-state index contributed by atoms with van der Waals surface area (Å²) in [5, 5.41) is -7.64. The summed E-state index contributed by atoms with van der Waals surface area (Å²) in [7, 11) is -7.70. The van der Waals surface area contributed by atoms with Crippen LogP contribution in [0.3, 0.4) is 0 Å². The van der Waals surface area contributed by atoms with Gasteiger partial charge in [-0.3, -0.25) is 4.55 Å². The van der Waals surface area contributed by atoms with Gasteiger partial charge in [-0.15, -0.1) is 0 Å². The molecule has 0 saturated heterocycles. The van der Waals surface area contributed by atoms with Gasteiger partial charge in [-0.2, -0.15) is 56.7 Å². The van der Waals surface area contributed by atoms with Gasteiger partial charge in [-0.1, -0.05) is 0 Å². The van der Waals surface area contributed by atoms with Gasteiger partial charge in [0.15, 0.2) is 0 Å². The number of halogens is 11. The molecule has 0 fully saturated rings. The maximum atomic E-state index is 12.7. The summed E-state index contributed by atoms with van der Waals surface area (Å²) in [5.41, 5.74) is -7.98. The summed E-state index contributed by atoms with van der Waals surface area (Å²) in [6.07, 6.45) is -23.4. The average molecular weight is 350 g/mol. The molecule has 0 spiro atoms. The van der Waals surface area contributed by atoms with Crippen molar-refractivity contribution in [2.45, 2.75) is 23.8 Å². The molecule has 0 aliphatic rings. The van der Waals surface area contributed by atoms with Crippen LogP contribution in [0.25, 0.3) is 0 Å². The topological polar surface area (TPSA) is 54.4 Å². The summed E-state index contributed by atoms with van der Waals surface area (Å²) >= 11 is 0. The normalized spacial score (nSPS) is 16.4. The van der Waals surface area contributed by atoms with E-state index >= 15 is 0 Å². The van der Waals surface area contributed by atoms with Gasteiger partial charge in [-0.25, -0.2) is 0 Å². The summed E-state index contributed by atoms with van der Waals surface area (Å²) in [6, 6.07) is 0. The minimum Gasteiger partial charge on any atom is -0.281 e. The number of hydrogen-bond donors (Lipinski definition) is 1. The highest BCUT2D eigenvalue weighted by Gasteiger charge is 2.96. The second-order valence-electron chi connectivity index (χ2n) is 3.24. The summed E-state index contributed by atoms with van der Waals surface area (Å²) < 4.78 is 162. The van der Waals surface area contributed by atoms with Gasteiger partial charge < -0.3 is 0 Å². The van der Waals surface area contributed by atoms with Crippen LogP contribution in [-0.2, 0) is 10.1 Å². The van der Waals surface area contributed by atoms with Crippen LogP contribution in [0.2, 0.25) is 0 Å². The van der Waals surface area contributed by atoms with Crippen LogP contribution in [0.15, 0.2) is 0 Å². The highest BCUT2D eigenvalue weighted by atomic mass is 32.2. The van der Waals surface area contributed by atoms with Gasteiger partial charge in [0, 0.05) is 0 Å². The predicted octanol–water partition coefficient (Wildman–Crippen LogP) is 3.14. The zero-order valence-corrected chi connectivity index (χ0v) is 9.15. The predicted molar refractivity (Wildman–Crippen MR) is 37.1 cm³/mol. The Hall–Kier alpha value is -0.860. The maximum absolute atomic E-state index is 12.7. The van der Waals surface area contributed by atoms with Crippen molar-refractivity contribution in [3.05, 3.63) is 0 Å². The van der Waals surface area contributed by atoms with Gasteiger partial charge in [0.25, 0.3) is 0 Å². The summed E-state index contributed by atoms with van der Waals surface area (Å²) in [6.45, 7) is 0. The third-order valence-corrected chi connectivity index (χ3v) is 2.99.